The molecule has 1 aromatic heterocycles. The Labute approximate surface area is 111 Å². The van der Waals surface area contributed by atoms with Gasteiger partial charge >= 0.3 is 0 Å². The van der Waals surface area contributed by atoms with Gasteiger partial charge in [0.1, 0.15) is 0 Å². The molecule has 1 heterocycles. The lowest BCUT2D eigenvalue weighted by atomic mass is 9.74. The molecule has 4 heteroatoms. The standard InChI is InChI=1S/C13H21BrN2O/c1-9-6-4-5-7-13(9,17)8-11-12(14)10(2)15-16(11)3/h9,17H,4-8H2,1-3H3. The lowest BCUT2D eigenvalue weighted by molar-refractivity contribution is -0.0419. The van der Waals surface area contributed by atoms with Crippen LogP contribution < -0.4 is 0 Å². The molecule has 1 aliphatic rings. The first-order valence-electron chi connectivity index (χ1n) is 6.34. The Morgan fingerprint density at radius 1 is 1.53 bits per heavy atom. The Balaban J connectivity index is 2.24. The molecule has 96 valence electrons. The first-order valence-corrected chi connectivity index (χ1v) is 7.13. The van der Waals surface area contributed by atoms with Crippen LogP contribution in [0, 0.1) is 12.8 Å². The SMILES string of the molecule is Cc1nn(C)c(CC2(O)CCCCC2C)c1Br. The summed E-state index contributed by atoms with van der Waals surface area (Å²) in [6, 6.07) is 0. The zero-order chi connectivity index (χ0) is 12.6. The Hall–Kier alpha value is -0.350. The van der Waals surface area contributed by atoms with Crippen molar-refractivity contribution in [3.05, 3.63) is 15.9 Å². The number of aryl methyl sites for hydroxylation is 2. The summed E-state index contributed by atoms with van der Waals surface area (Å²) in [6.07, 6.45) is 5.12. The van der Waals surface area contributed by atoms with Crippen LogP contribution in [0.5, 0.6) is 0 Å². The third kappa shape index (κ3) is 2.43. The second-order valence-corrected chi connectivity index (χ2v) is 6.19. The van der Waals surface area contributed by atoms with E-state index in [-0.39, 0.29) is 0 Å². The second-order valence-electron chi connectivity index (χ2n) is 5.40. The van der Waals surface area contributed by atoms with Crippen LogP contribution in [0.15, 0.2) is 4.47 Å². The number of nitrogens with zero attached hydrogens (tertiary/aromatic N) is 2. The normalized spacial score (nSPS) is 29.6. The average molecular weight is 301 g/mol. The van der Waals surface area contributed by atoms with Gasteiger partial charge in [-0.3, -0.25) is 4.68 Å². The van der Waals surface area contributed by atoms with Crippen molar-refractivity contribution >= 4 is 15.9 Å². The van der Waals surface area contributed by atoms with Gasteiger partial charge in [0.25, 0.3) is 0 Å². The predicted octanol–water partition coefficient (Wildman–Crippen LogP) is 2.97. The molecule has 3 nitrogen and oxygen atoms in total. The lowest BCUT2D eigenvalue weighted by Crippen LogP contribution is -2.41. The van der Waals surface area contributed by atoms with Crippen LogP contribution >= 0.6 is 15.9 Å². The van der Waals surface area contributed by atoms with Gasteiger partial charge in [-0.05, 0) is 41.6 Å². The van der Waals surface area contributed by atoms with E-state index in [0.29, 0.717) is 12.3 Å². The van der Waals surface area contributed by atoms with E-state index in [1.807, 2.05) is 18.7 Å². The van der Waals surface area contributed by atoms with Crippen molar-refractivity contribution in [1.29, 1.82) is 0 Å². The fourth-order valence-corrected chi connectivity index (χ4v) is 3.30. The highest BCUT2D eigenvalue weighted by atomic mass is 79.9. The smallest absolute Gasteiger partial charge is 0.0738 e. The zero-order valence-corrected chi connectivity index (χ0v) is 12.4. The van der Waals surface area contributed by atoms with E-state index in [9.17, 15) is 5.11 Å². The van der Waals surface area contributed by atoms with Crippen LogP contribution in [-0.4, -0.2) is 20.5 Å². The van der Waals surface area contributed by atoms with Crippen LogP contribution in [0.25, 0.3) is 0 Å². The van der Waals surface area contributed by atoms with Gasteiger partial charge in [-0.1, -0.05) is 19.8 Å². The third-order valence-corrected chi connectivity index (χ3v) is 5.18. The zero-order valence-electron chi connectivity index (χ0n) is 10.8. The molecule has 2 rings (SSSR count). The largest absolute Gasteiger partial charge is 0.389 e. The van der Waals surface area contributed by atoms with Crippen molar-refractivity contribution in [2.45, 2.75) is 51.6 Å². The highest BCUT2D eigenvalue weighted by Crippen LogP contribution is 2.37. The number of aliphatic hydroxyl groups is 1. The minimum Gasteiger partial charge on any atom is -0.389 e. The maximum absolute atomic E-state index is 10.8. The van der Waals surface area contributed by atoms with Crippen LogP contribution in [0.3, 0.4) is 0 Å². The van der Waals surface area contributed by atoms with E-state index in [1.165, 1.54) is 6.42 Å². The number of halogens is 1. The monoisotopic (exact) mass is 300 g/mol. The fourth-order valence-electron chi connectivity index (χ4n) is 2.82. The second kappa shape index (κ2) is 4.73. The highest BCUT2D eigenvalue weighted by molar-refractivity contribution is 9.10. The van der Waals surface area contributed by atoms with E-state index < -0.39 is 5.60 Å². The number of hydrogen-bond acceptors (Lipinski definition) is 2. The molecule has 2 unspecified atom stereocenters. The summed E-state index contributed by atoms with van der Waals surface area (Å²) in [7, 11) is 1.95. The summed E-state index contributed by atoms with van der Waals surface area (Å²) in [5, 5.41) is 15.2. The maximum atomic E-state index is 10.8. The van der Waals surface area contributed by atoms with E-state index in [0.717, 1.165) is 35.1 Å². The lowest BCUT2D eigenvalue weighted by Gasteiger charge is -2.38. The molecule has 1 fully saturated rings. The summed E-state index contributed by atoms with van der Waals surface area (Å²) < 4.78 is 2.94. The first kappa shape index (κ1) is 13.1. The van der Waals surface area contributed by atoms with Gasteiger partial charge in [-0.25, -0.2) is 0 Å². The molecule has 0 aromatic carbocycles. The first-order chi connectivity index (χ1) is 7.94. The number of hydrogen-bond donors (Lipinski definition) is 1. The summed E-state index contributed by atoms with van der Waals surface area (Å²) in [5.41, 5.74) is 1.55. The topological polar surface area (TPSA) is 38.0 Å². The van der Waals surface area contributed by atoms with Crippen LogP contribution in [0.4, 0.5) is 0 Å². The Kier molecular flexibility index (Phi) is 3.64. The highest BCUT2D eigenvalue weighted by Gasteiger charge is 2.37. The molecule has 1 N–H and O–H groups in total. The van der Waals surface area contributed by atoms with Crippen LogP contribution in [0.2, 0.25) is 0 Å². The van der Waals surface area contributed by atoms with Crippen LogP contribution in [-0.2, 0) is 13.5 Å². The van der Waals surface area contributed by atoms with Gasteiger partial charge in [-0.2, -0.15) is 5.10 Å². The van der Waals surface area contributed by atoms with Gasteiger partial charge < -0.3 is 5.11 Å². The Morgan fingerprint density at radius 2 is 2.24 bits per heavy atom. The molecule has 0 saturated heterocycles. The predicted molar refractivity (Wildman–Crippen MR) is 71.9 cm³/mol. The fraction of sp³-hybridized carbons (Fsp3) is 0.769. The van der Waals surface area contributed by atoms with E-state index in [4.69, 9.17) is 0 Å². The summed E-state index contributed by atoms with van der Waals surface area (Å²) >= 11 is 3.58. The van der Waals surface area contributed by atoms with Gasteiger partial charge in [-0.15, -0.1) is 0 Å². The quantitative estimate of drug-likeness (QED) is 0.912. The minimum atomic E-state index is -0.555. The molecule has 0 bridgehead atoms. The van der Waals surface area contributed by atoms with Gasteiger partial charge in [0.2, 0.25) is 0 Å². The van der Waals surface area contributed by atoms with Crippen molar-refractivity contribution in [3.8, 4) is 0 Å². The average Bonchev–Trinajstić information content (AvgIpc) is 2.50. The Morgan fingerprint density at radius 3 is 2.76 bits per heavy atom. The van der Waals surface area contributed by atoms with Gasteiger partial charge in [0.05, 0.1) is 21.5 Å². The molecule has 17 heavy (non-hydrogen) atoms. The van der Waals surface area contributed by atoms with Crippen molar-refractivity contribution in [2.75, 3.05) is 0 Å². The number of rotatable bonds is 2. The van der Waals surface area contributed by atoms with E-state index in [2.05, 4.69) is 28.0 Å². The molecular weight excluding hydrogens is 280 g/mol. The summed E-state index contributed by atoms with van der Waals surface area (Å²) in [6.45, 7) is 4.15. The van der Waals surface area contributed by atoms with Crippen molar-refractivity contribution in [1.82, 2.24) is 9.78 Å². The molecular formula is C13H21BrN2O. The molecule has 1 aliphatic carbocycles. The van der Waals surface area contributed by atoms with Crippen molar-refractivity contribution in [2.24, 2.45) is 13.0 Å². The molecule has 0 radical (unpaired) electrons. The summed E-state index contributed by atoms with van der Waals surface area (Å²) in [4.78, 5) is 0. The van der Waals surface area contributed by atoms with E-state index >= 15 is 0 Å². The van der Waals surface area contributed by atoms with Crippen LogP contribution in [0.1, 0.15) is 44.0 Å². The molecule has 2 atom stereocenters. The van der Waals surface area contributed by atoms with Gasteiger partial charge in [0.15, 0.2) is 0 Å². The van der Waals surface area contributed by atoms with E-state index in [1.54, 1.807) is 0 Å². The van der Waals surface area contributed by atoms with Crippen molar-refractivity contribution in [3.63, 3.8) is 0 Å². The van der Waals surface area contributed by atoms with Gasteiger partial charge in [0, 0.05) is 13.5 Å². The molecule has 0 amide bonds. The van der Waals surface area contributed by atoms with Crippen molar-refractivity contribution < 1.29 is 5.11 Å². The minimum absolute atomic E-state index is 0.373. The molecule has 0 aliphatic heterocycles. The molecule has 1 aromatic rings. The Bertz CT molecular complexity index is 416. The summed E-state index contributed by atoms with van der Waals surface area (Å²) in [5.74, 6) is 0.373. The maximum Gasteiger partial charge on any atom is 0.0738 e. The molecule has 0 spiro atoms. The molecule has 1 saturated carbocycles. The number of aromatic nitrogens is 2. The third-order valence-electron chi connectivity index (χ3n) is 4.15.